The van der Waals surface area contributed by atoms with Crippen LogP contribution in [0.3, 0.4) is 0 Å². The van der Waals surface area contributed by atoms with Crippen molar-refractivity contribution in [2.45, 2.75) is 37.9 Å². The van der Waals surface area contributed by atoms with Crippen molar-refractivity contribution in [1.29, 1.82) is 0 Å². The van der Waals surface area contributed by atoms with Crippen LogP contribution in [0.4, 0.5) is 5.69 Å². The fraction of sp³-hybridized carbons (Fsp3) is 0.467. The lowest BCUT2D eigenvalue weighted by Crippen LogP contribution is -2.17. The standard InChI is InChI=1S/C15H19NO2S/c1-11(17)13-8-4-5-9-14(13)16-15(18)10-19-12-6-2-3-7-12/h4-5,8-9,12H,2-3,6-7,10H2,1H3,(H,16,18). The minimum absolute atomic E-state index is 0.0226. The number of amides is 1. The molecule has 0 aromatic heterocycles. The molecule has 2 rings (SSSR count). The molecule has 0 spiro atoms. The Kier molecular flexibility index (Phi) is 5.02. The van der Waals surface area contributed by atoms with Crippen LogP contribution in [-0.2, 0) is 4.79 Å². The van der Waals surface area contributed by atoms with Crippen LogP contribution in [0.5, 0.6) is 0 Å². The zero-order chi connectivity index (χ0) is 13.7. The van der Waals surface area contributed by atoms with E-state index in [4.69, 9.17) is 0 Å². The van der Waals surface area contributed by atoms with Crippen molar-refractivity contribution in [2.75, 3.05) is 11.1 Å². The Labute approximate surface area is 118 Å². The van der Waals surface area contributed by atoms with E-state index in [0.29, 0.717) is 22.3 Å². The fourth-order valence-corrected chi connectivity index (χ4v) is 3.46. The van der Waals surface area contributed by atoms with Gasteiger partial charge < -0.3 is 5.32 Å². The molecule has 0 aliphatic heterocycles. The average molecular weight is 277 g/mol. The van der Waals surface area contributed by atoms with Gasteiger partial charge >= 0.3 is 0 Å². The first-order chi connectivity index (χ1) is 9.16. The molecule has 1 N–H and O–H groups in total. The van der Waals surface area contributed by atoms with E-state index in [9.17, 15) is 9.59 Å². The quantitative estimate of drug-likeness (QED) is 0.838. The topological polar surface area (TPSA) is 46.2 Å². The largest absolute Gasteiger partial charge is 0.325 e. The third-order valence-corrected chi connectivity index (χ3v) is 4.70. The van der Waals surface area contributed by atoms with Gasteiger partial charge in [0.2, 0.25) is 5.91 Å². The van der Waals surface area contributed by atoms with Crippen molar-refractivity contribution in [3.05, 3.63) is 29.8 Å². The summed E-state index contributed by atoms with van der Waals surface area (Å²) in [6, 6.07) is 7.14. The highest BCUT2D eigenvalue weighted by Crippen LogP contribution is 2.29. The number of rotatable bonds is 5. The summed E-state index contributed by atoms with van der Waals surface area (Å²) in [5, 5.41) is 3.47. The number of para-hydroxylation sites is 1. The van der Waals surface area contributed by atoms with E-state index in [2.05, 4.69) is 5.32 Å². The molecule has 0 saturated heterocycles. The summed E-state index contributed by atoms with van der Waals surface area (Å²) in [6.45, 7) is 1.51. The maximum Gasteiger partial charge on any atom is 0.234 e. The normalized spacial score (nSPS) is 15.4. The Morgan fingerprint density at radius 1 is 1.26 bits per heavy atom. The van der Waals surface area contributed by atoms with Crippen molar-refractivity contribution in [1.82, 2.24) is 0 Å². The number of hydrogen-bond donors (Lipinski definition) is 1. The van der Waals surface area contributed by atoms with Gasteiger partial charge in [-0.1, -0.05) is 25.0 Å². The van der Waals surface area contributed by atoms with Gasteiger partial charge in [-0.25, -0.2) is 0 Å². The van der Waals surface area contributed by atoms with Crippen molar-refractivity contribution in [2.24, 2.45) is 0 Å². The molecule has 0 radical (unpaired) electrons. The molecule has 1 aromatic carbocycles. The lowest BCUT2D eigenvalue weighted by molar-refractivity contribution is -0.113. The molecule has 1 amide bonds. The summed E-state index contributed by atoms with van der Waals surface area (Å²) in [6.07, 6.45) is 5.02. The van der Waals surface area contributed by atoms with E-state index in [1.54, 1.807) is 30.0 Å². The SMILES string of the molecule is CC(=O)c1ccccc1NC(=O)CSC1CCCC1. The molecule has 1 aliphatic carbocycles. The predicted molar refractivity (Wildman–Crippen MR) is 79.8 cm³/mol. The van der Waals surface area contributed by atoms with Crippen LogP contribution < -0.4 is 5.32 Å². The summed E-state index contributed by atoms with van der Waals surface area (Å²) in [5.41, 5.74) is 1.19. The summed E-state index contributed by atoms with van der Waals surface area (Å²) < 4.78 is 0. The lowest BCUT2D eigenvalue weighted by atomic mass is 10.1. The second kappa shape index (κ2) is 6.75. The fourth-order valence-electron chi connectivity index (χ4n) is 2.33. The van der Waals surface area contributed by atoms with E-state index < -0.39 is 0 Å². The molecule has 1 saturated carbocycles. The molecule has 3 nitrogen and oxygen atoms in total. The first-order valence-corrected chi connectivity index (χ1v) is 7.73. The molecule has 0 bridgehead atoms. The Bertz CT molecular complexity index is 467. The summed E-state index contributed by atoms with van der Waals surface area (Å²) in [7, 11) is 0. The van der Waals surface area contributed by atoms with Crippen LogP contribution in [0.25, 0.3) is 0 Å². The number of ketones is 1. The van der Waals surface area contributed by atoms with Gasteiger partial charge in [0.15, 0.2) is 5.78 Å². The molecule has 0 unspecified atom stereocenters. The zero-order valence-electron chi connectivity index (χ0n) is 11.1. The molecule has 0 heterocycles. The van der Waals surface area contributed by atoms with Crippen LogP contribution in [0, 0.1) is 0 Å². The number of benzene rings is 1. The molecule has 102 valence electrons. The van der Waals surface area contributed by atoms with Crippen LogP contribution in [0.2, 0.25) is 0 Å². The number of carbonyl (C=O) groups excluding carboxylic acids is 2. The molecule has 19 heavy (non-hydrogen) atoms. The van der Waals surface area contributed by atoms with Gasteiger partial charge in [-0.15, -0.1) is 11.8 Å². The van der Waals surface area contributed by atoms with Crippen LogP contribution in [-0.4, -0.2) is 22.7 Å². The Balaban J connectivity index is 1.89. The van der Waals surface area contributed by atoms with Crippen molar-refractivity contribution in [3.63, 3.8) is 0 Å². The first-order valence-electron chi connectivity index (χ1n) is 6.68. The average Bonchev–Trinajstić information content (AvgIpc) is 2.90. The van der Waals surface area contributed by atoms with Crippen LogP contribution in [0.1, 0.15) is 43.0 Å². The van der Waals surface area contributed by atoms with Gasteiger partial charge in [-0.3, -0.25) is 9.59 Å². The van der Waals surface area contributed by atoms with Crippen LogP contribution >= 0.6 is 11.8 Å². The highest BCUT2D eigenvalue weighted by Gasteiger charge is 2.17. The minimum Gasteiger partial charge on any atom is -0.325 e. The Morgan fingerprint density at radius 3 is 2.63 bits per heavy atom. The van der Waals surface area contributed by atoms with Crippen molar-refractivity contribution in [3.8, 4) is 0 Å². The minimum atomic E-state index is -0.0284. The summed E-state index contributed by atoms with van der Waals surface area (Å²) in [5.74, 6) is 0.418. The molecule has 1 aliphatic rings. The molecule has 0 atom stereocenters. The molecular weight excluding hydrogens is 258 g/mol. The third kappa shape index (κ3) is 4.10. The van der Waals surface area contributed by atoms with Gasteiger partial charge in [0, 0.05) is 10.8 Å². The first kappa shape index (κ1) is 14.1. The van der Waals surface area contributed by atoms with Crippen molar-refractivity contribution >= 4 is 29.1 Å². The van der Waals surface area contributed by atoms with Gasteiger partial charge in [0.25, 0.3) is 0 Å². The monoisotopic (exact) mass is 277 g/mol. The lowest BCUT2D eigenvalue weighted by Gasteiger charge is -2.11. The maximum absolute atomic E-state index is 11.9. The molecule has 1 aromatic rings. The second-order valence-electron chi connectivity index (χ2n) is 4.87. The number of thioether (sulfide) groups is 1. The molecule has 1 fully saturated rings. The van der Waals surface area contributed by atoms with E-state index in [1.807, 2.05) is 6.07 Å². The Hall–Kier alpha value is -1.29. The number of anilines is 1. The van der Waals surface area contributed by atoms with E-state index in [0.717, 1.165) is 0 Å². The second-order valence-corrected chi connectivity index (χ2v) is 6.16. The third-order valence-electron chi connectivity index (χ3n) is 3.33. The Morgan fingerprint density at radius 2 is 1.95 bits per heavy atom. The van der Waals surface area contributed by atoms with E-state index in [1.165, 1.54) is 32.6 Å². The molecule has 4 heteroatoms. The number of hydrogen-bond acceptors (Lipinski definition) is 3. The summed E-state index contributed by atoms with van der Waals surface area (Å²) >= 11 is 1.73. The molecular formula is C15H19NO2S. The van der Waals surface area contributed by atoms with Gasteiger partial charge in [-0.2, -0.15) is 0 Å². The smallest absolute Gasteiger partial charge is 0.234 e. The van der Waals surface area contributed by atoms with Gasteiger partial charge in [0.05, 0.1) is 11.4 Å². The predicted octanol–water partition coefficient (Wildman–Crippen LogP) is 3.50. The van der Waals surface area contributed by atoms with Crippen molar-refractivity contribution < 1.29 is 9.59 Å². The highest BCUT2D eigenvalue weighted by molar-refractivity contribution is 8.00. The number of carbonyl (C=O) groups is 2. The number of nitrogens with one attached hydrogen (secondary N) is 1. The zero-order valence-corrected chi connectivity index (χ0v) is 12.0. The van der Waals surface area contributed by atoms with Gasteiger partial charge in [0.1, 0.15) is 0 Å². The maximum atomic E-state index is 11.9. The van der Waals surface area contributed by atoms with Crippen LogP contribution in [0.15, 0.2) is 24.3 Å². The van der Waals surface area contributed by atoms with E-state index in [-0.39, 0.29) is 11.7 Å². The highest BCUT2D eigenvalue weighted by atomic mass is 32.2. The van der Waals surface area contributed by atoms with Gasteiger partial charge in [-0.05, 0) is 31.9 Å². The number of Topliss-reactive ketones (excluding diaryl/α,β-unsaturated/α-hetero) is 1. The van der Waals surface area contributed by atoms with E-state index >= 15 is 0 Å². The summed E-state index contributed by atoms with van der Waals surface area (Å²) in [4.78, 5) is 23.4.